The van der Waals surface area contributed by atoms with Crippen LogP contribution in [-0.2, 0) is 9.53 Å². The fraction of sp³-hybridized carbons (Fsp3) is 0.750. The smallest absolute Gasteiger partial charge is 0.331 e. The molecule has 0 heterocycles. The van der Waals surface area contributed by atoms with Gasteiger partial charge in [-0.2, -0.15) is 0 Å². The second-order valence-electron chi connectivity index (χ2n) is 3.94. The molecule has 0 fully saturated rings. The van der Waals surface area contributed by atoms with Gasteiger partial charge >= 0.3 is 5.97 Å². The molecule has 0 aliphatic heterocycles. The van der Waals surface area contributed by atoms with Crippen molar-refractivity contribution < 1.29 is 9.53 Å². The van der Waals surface area contributed by atoms with E-state index in [4.69, 9.17) is 4.74 Å². The Bertz CT molecular complexity index is 192. The normalized spacial score (nSPS) is 14.3. The molecule has 3 nitrogen and oxygen atoms in total. The maximum atomic E-state index is 10.9. The van der Waals surface area contributed by atoms with Crippen molar-refractivity contribution in [2.45, 2.75) is 46.3 Å². The van der Waals surface area contributed by atoms with Gasteiger partial charge in [0.25, 0.3) is 0 Å². The van der Waals surface area contributed by atoms with E-state index in [9.17, 15) is 4.79 Å². The first kappa shape index (κ1) is 14.2. The van der Waals surface area contributed by atoms with Crippen molar-refractivity contribution in [3.8, 4) is 0 Å². The van der Waals surface area contributed by atoms with Gasteiger partial charge in [-0.05, 0) is 19.3 Å². The average Bonchev–Trinajstić information content (AvgIpc) is 2.23. The predicted molar refractivity (Wildman–Crippen MR) is 62.4 cm³/mol. The van der Waals surface area contributed by atoms with Crippen molar-refractivity contribution in [3.63, 3.8) is 0 Å². The van der Waals surface area contributed by atoms with Crippen LogP contribution in [0, 0.1) is 5.92 Å². The highest BCUT2D eigenvalue weighted by molar-refractivity contribution is 5.81. The molecule has 2 atom stereocenters. The number of ether oxygens (including phenoxy) is 1. The van der Waals surface area contributed by atoms with Crippen LogP contribution >= 0.6 is 0 Å². The fourth-order valence-electron chi connectivity index (χ4n) is 1.29. The summed E-state index contributed by atoms with van der Waals surface area (Å²) in [5.41, 5.74) is 0. The summed E-state index contributed by atoms with van der Waals surface area (Å²) in [6, 6.07) is 0. The quantitative estimate of drug-likeness (QED) is 0.382. The SMILES string of the molecule is C=CC(=O)OC(C)NCC(C)CCCC. The Balaban J connectivity index is 3.56. The minimum atomic E-state index is -0.379. The third-order valence-corrected chi connectivity index (χ3v) is 2.26. The Morgan fingerprint density at radius 2 is 2.20 bits per heavy atom. The molecule has 88 valence electrons. The van der Waals surface area contributed by atoms with Gasteiger partial charge in [0, 0.05) is 12.6 Å². The first-order chi connectivity index (χ1) is 7.10. The monoisotopic (exact) mass is 213 g/mol. The Kier molecular flexibility index (Phi) is 8.01. The second-order valence-corrected chi connectivity index (χ2v) is 3.94. The van der Waals surface area contributed by atoms with E-state index >= 15 is 0 Å². The van der Waals surface area contributed by atoms with Gasteiger partial charge in [-0.15, -0.1) is 0 Å². The van der Waals surface area contributed by atoms with Gasteiger partial charge in [0.1, 0.15) is 0 Å². The van der Waals surface area contributed by atoms with Crippen LogP contribution in [0.2, 0.25) is 0 Å². The van der Waals surface area contributed by atoms with Crippen molar-refractivity contribution in [2.75, 3.05) is 6.54 Å². The zero-order valence-corrected chi connectivity index (χ0v) is 10.1. The summed E-state index contributed by atoms with van der Waals surface area (Å²) in [4.78, 5) is 10.9. The highest BCUT2D eigenvalue weighted by Gasteiger charge is 2.07. The number of unbranched alkanes of at least 4 members (excludes halogenated alkanes) is 1. The van der Waals surface area contributed by atoms with Crippen LogP contribution in [-0.4, -0.2) is 18.7 Å². The van der Waals surface area contributed by atoms with Gasteiger partial charge in [-0.3, -0.25) is 5.32 Å². The summed E-state index contributed by atoms with van der Waals surface area (Å²) in [5.74, 6) is 0.242. The van der Waals surface area contributed by atoms with Crippen molar-refractivity contribution in [1.82, 2.24) is 5.32 Å². The molecule has 0 rings (SSSR count). The van der Waals surface area contributed by atoms with Crippen molar-refractivity contribution >= 4 is 5.97 Å². The van der Waals surface area contributed by atoms with Gasteiger partial charge in [-0.1, -0.05) is 33.3 Å². The highest BCUT2D eigenvalue weighted by Crippen LogP contribution is 2.06. The fourth-order valence-corrected chi connectivity index (χ4v) is 1.29. The lowest BCUT2D eigenvalue weighted by Crippen LogP contribution is -2.33. The molecule has 0 bridgehead atoms. The molecular formula is C12H23NO2. The van der Waals surface area contributed by atoms with Gasteiger partial charge in [-0.25, -0.2) is 4.79 Å². The third kappa shape index (κ3) is 8.18. The number of rotatable bonds is 8. The summed E-state index contributed by atoms with van der Waals surface area (Å²) in [5, 5.41) is 3.17. The largest absolute Gasteiger partial charge is 0.444 e. The zero-order chi connectivity index (χ0) is 11.7. The van der Waals surface area contributed by atoms with Crippen LogP contribution in [0.25, 0.3) is 0 Å². The topological polar surface area (TPSA) is 38.3 Å². The van der Waals surface area contributed by atoms with E-state index < -0.39 is 0 Å². The molecule has 0 amide bonds. The molecule has 0 radical (unpaired) electrons. The van der Waals surface area contributed by atoms with Crippen LogP contribution < -0.4 is 5.32 Å². The van der Waals surface area contributed by atoms with Crippen molar-refractivity contribution in [1.29, 1.82) is 0 Å². The number of carbonyl (C=O) groups is 1. The van der Waals surface area contributed by atoms with E-state index in [2.05, 4.69) is 25.7 Å². The van der Waals surface area contributed by atoms with E-state index in [1.807, 2.05) is 6.92 Å². The van der Waals surface area contributed by atoms with Gasteiger partial charge in [0.05, 0.1) is 0 Å². The molecule has 0 saturated carbocycles. The minimum Gasteiger partial charge on any atom is -0.444 e. The van der Waals surface area contributed by atoms with Crippen molar-refractivity contribution in [2.24, 2.45) is 5.92 Å². The second kappa shape index (κ2) is 8.48. The van der Waals surface area contributed by atoms with Gasteiger partial charge in [0.2, 0.25) is 0 Å². The molecule has 0 aromatic carbocycles. The molecule has 15 heavy (non-hydrogen) atoms. The average molecular weight is 213 g/mol. The summed E-state index contributed by atoms with van der Waals surface area (Å²) in [6.07, 6.45) is 4.64. The molecule has 3 heteroatoms. The maximum absolute atomic E-state index is 10.9. The number of nitrogens with one attached hydrogen (secondary N) is 1. The molecule has 0 aromatic heterocycles. The third-order valence-electron chi connectivity index (χ3n) is 2.26. The molecule has 0 saturated heterocycles. The first-order valence-electron chi connectivity index (χ1n) is 5.66. The van der Waals surface area contributed by atoms with Gasteiger partial charge < -0.3 is 4.74 Å². The van der Waals surface area contributed by atoms with Crippen LogP contribution in [0.5, 0.6) is 0 Å². The van der Waals surface area contributed by atoms with Crippen LogP contribution in [0.15, 0.2) is 12.7 Å². The lowest BCUT2D eigenvalue weighted by atomic mass is 10.0. The number of hydrogen-bond acceptors (Lipinski definition) is 3. The molecule has 0 spiro atoms. The molecule has 0 aliphatic rings. The molecule has 0 aromatic rings. The summed E-state index contributed by atoms with van der Waals surface area (Å²) in [6.45, 7) is 10.4. The van der Waals surface area contributed by atoms with Gasteiger partial charge in [0.15, 0.2) is 6.23 Å². The van der Waals surface area contributed by atoms with Crippen LogP contribution in [0.4, 0.5) is 0 Å². The Morgan fingerprint density at radius 3 is 2.73 bits per heavy atom. The summed E-state index contributed by atoms with van der Waals surface area (Å²) >= 11 is 0. The van der Waals surface area contributed by atoms with Crippen LogP contribution in [0.3, 0.4) is 0 Å². The highest BCUT2D eigenvalue weighted by atomic mass is 16.6. The molecule has 0 aliphatic carbocycles. The standard InChI is InChI=1S/C12H23NO2/c1-5-7-8-10(3)9-13-11(4)15-12(14)6-2/h6,10-11,13H,2,5,7-9H2,1,3-4H3. The predicted octanol–water partition coefficient (Wildman–Crippen LogP) is 2.48. The molecule has 1 N–H and O–H groups in total. The Morgan fingerprint density at radius 1 is 1.53 bits per heavy atom. The lowest BCUT2D eigenvalue weighted by Gasteiger charge is -2.17. The first-order valence-corrected chi connectivity index (χ1v) is 5.66. The van der Waals surface area contributed by atoms with Crippen molar-refractivity contribution in [3.05, 3.63) is 12.7 Å². The maximum Gasteiger partial charge on any atom is 0.331 e. The number of esters is 1. The molecular weight excluding hydrogens is 190 g/mol. The van der Waals surface area contributed by atoms with E-state index in [-0.39, 0.29) is 12.2 Å². The van der Waals surface area contributed by atoms with E-state index in [0.29, 0.717) is 5.92 Å². The van der Waals surface area contributed by atoms with E-state index in [1.165, 1.54) is 25.3 Å². The number of hydrogen-bond donors (Lipinski definition) is 1. The Hall–Kier alpha value is -0.830. The van der Waals surface area contributed by atoms with Crippen LogP contribution in [0.1, 0.15) is 40.0 Å². The molecule has 2 unspecified atom stereocenters. The summed E-state index contributed by atoms with van der Waals surface area (Å²) < 4.78 is 4.99. The van der Waals surface area contributed by atoms with E-state index in [0.717, 1.165) is 6.54 Å². The summed E-state index contributed by atoms with van der Waals surface area (Å²) in [7, 11) is 0. The Labute approximate surface area is 92.9 Å². The zero-order valence-electron chi connectivity index (χ0n) is 10.1. The number of carbonyl (C=O) groups excluding carboxylic acids is 1. The lowest BCUT2D eigenvalue weighted by molar-refractivity contribution is -0.143. The van der Waals surface area contributed by atoms with E-state index in [1.54, 1.807) is 0 Å². The minimum absolute atomic E-state index is 0.237.